The van der Waals surface area contributed by atoms with Crippen LogP contribution in [0.2, 0.25) is 0 Å². The normalized spacial score (nSPS) is 26.6. The summed E-state index contributed by atoms with van der Waals surface area (Å²) in [6.45, 7) is 1.41. The lowest BCUT2D eigenvalue weighted by Crippen LogP contribution is -2.32. The first-order valence-corrected chi connectivity index (χ1v) is 2.88. The van der Waals surface area contributed by atoms with Gasteiger partial charge in [-0.05, 0) is 6.92 Å². The Labute approximate surface area is 57.7 Å². The second kappa shape index (κ2) is 2.30. The zero-order valence-corrected chi connectivity index (χ0v) is 5.50. The van der Waals surface area contributed by atoms with Crippen molar-refractivity contribution in [1.82, 2.24) is 0 Å². The molecular weight excluding hydrogens is 136 g/mol. The van der Waals surface area contributed by atoms with E-state index in [-0.39, 0.29) is 12.4 Å². The van der Waals surface area contributed by atoms with Gasteiger partial charge in [0.15, 0.2) is 11.9 Å². The molecule has 1 heterocycles. The van der Waals surface area contributed by atoms with Gasteiger partial charge in [-0.3, -0.25) is 4.79 Å². The van der Waals surface area contributed by atoms with E-state index < -0.39 is 17.6 Å². The van der Waals surface area contributed by atoms with Crippen LogP contribution in [0.25, 0.3) is 0 Å². The van der Waals surface area contributed by atoms with Crippen molar-refractivity contribution in [3.8, 4) is 0 Å². The molecule has 0 fully saturated rings. The highest BCUT2D eigenvalue weighted by atomic mass is 16.5. The van der Waals surface area contributed by atoms with E-state index in [1.165, 1.54) is 6.92 Å². The minimum Gasteiger partial charge on any atom is -0.502 e. The van der Waals surface area contributed by atoms with Gasteiger partial charge in [0, 0.05) is 0 Å². The molecule has 4 heteroatoms. The Bertz CT molecular complexity index is 194. The summed E-state index contributed by atoms with van der Waals surface area (Å²) in [6.07, 6.45) is -1.20. The van der Waals surface area contributed by atoms with E-state index in [0.717, 1.165) is 0 Å². The fraction of sp³-hybridized carbons (Fsp3) is 0.500. The number of ether oxygens (including phenoxy) is 1. The highest BCUT2D eigenvalue weighted by Crippen LogP contribution is 2.12. The van der Waals surface area contributed by atoms with Crippen molar-refractivity contribution in [3.63, 3.8) is 0 Å². The van der Waals surface area contributed by atoms with E-state index in [4.69, 9.17) is 14.9 Å². The standard InChI is InChI=1S/C6H8O4/c1-3-5(8)6(9)4(7)2-10-3/h4,7-8H,2H2,1H3/t4-/m1/s1. The fourth-order valence-corrected chi connectivity index (χ4v) is 0.679. The summed E-state index contributed by atoms with van der Waals surface area (Å²) in [4.78, 5) is 10.7. The molecule has 0 bridgehead atoms. The summed E-state index contributed by atoms with van der Waals surface area (Å²) in [5.41, 5.74) is 0. The van der Waals surface area contributed by atoms with Crippen LogP contribution in [0.15, 0.2) is 11.5 Å². The lowest BCUT2D eigenvalue weighted by Gasteiger charge is -2.17. The third-order valence-electron chi connectivity index (χ3n) is 1.33. The molecule has 0 aromatic rings. The summed E-state index contributed by atoms with van der Waals surface area (Å²) in [5, 5.41) is 17.7. The van der Waals surface area contributed by atoms with Crippen molar-refractivity contribution in [2.45, 2.75) is 13.0 Å². The number of allylic oxidation sites excluding steroid dienone is 1. The van der Waals surface area contributed by atoms with Crippen LogP contribution in [0.5, 0.6) is 0 Å². The number of aliphatic hydroxyl groups excluding tert-OH is 2. The Morgan fingerprint density at radius 1 is 1.70 bits per heavy atom. The highest BCUT2D eigenvalue weighted by molar-refractivity contribution is 5.97. The first-order chi connectivity index (χ1) is 4.63. The average Bonchev–Trinajstić information content (AvgIpc) is 1.93. The maximum Gasteiger partial charge on any atom is 0.232 e. The topological polar surface area (TPSA) is 66.8 Å². The molecule has 0 saturated carbocycles. The van der Waals surface area contributed by atoms with Crippen molar-refractivity contribution in [2.24, 2.45) is 0 Å². The number of hydrogen-bond acceptors (Lipinski definition) is 4. The van der Waals surface area contributed by atoms with Crippen molar-refractivity contribution in [2.75, 3.05) is 6.61 Å². The SMILES string of the molecule is CC1=C(O)C(=O)[C@H](O)CO1. The van der Waals surface area contributed by atoms with Gasteiger partial charge in [0.1, 0.15) is 12.4 Å². The first kappa shape index (κ1) is 7.08. The zero-order valence-electron chi connectivity index (χ0n) is 5.50. The monoisotopic (exact) mass is 144 g/mol. The molecule has 1 atom stereocenters. The first-order valence-electron chi connectivity index (χ1n) is 2.88. The Balaban J connectivity index is 2.88. The molecule has 0 saturated heterocycles. The number of rotatable bonds is 0. The summed E-state index contributed by atoms with van der Waals surface area (Å²) < 4.78 is 4.73. The number of carbonyl (C=O) groups excluding carboxylic acids is 1. The summed E-state index contributed by atoms with van der Waals surface area (Å²) in [5.74, 6) is -0.960. The van der Waals surface area contributed by atoms with Gasteiger partial charge in [0.05, 0.1) is 0 Å². The molecule has 1 aliphatic rings. The van der Waals surface area contributed by atoms with Crippen LogP contribution in [0.4, 0.5) is 0 Å². The van der Waals surface area contributed by atoms with Crippen LogP contribution in [0, 0.1) is 0 Å². The molecule has 0 unspecified atom stereocenters. The number of ketones is 1. The quantitative estimate of drug-likeness (QED) is 0.491. The Morgan fingerprint density at radius 3 is 2.80 bits per heavy atom. The molecule has 0 aromatic carbocycles. The predicted molar refractivity (Wildman–Crippen MR) is 32.3 cm³/mol. The van der Waals surface area contributed by atoms with Crippen molar-refractivity contribution in [3.05, 3.63) is 11.5 Å². The second-order valence-electron chi connectivity index (χ2n) is 2.10. The molecule has 10 heavy (non-hydrogen) atoms. The smallest absolute Gasteiger partial charge is 0.232 e. The van der Waals surface area contributed by atoms with E-state index in [1.807, 2.05) is 0 Å². The van der Waals surface area contributed by atoms with Crippen molar-refractivity contribution >= 4 is 5.78 Å². The second-order valence-corrected chi connectivity index (χ2v) is 2.10. The predicted octanol–water partition coefficient (Wildman–Crippen LogP) is -0.264. The Kier molecular flexibility index (Phi) is 1.63. The van der Waals surface area contributed by atoms with Crippen LogP contribution in [0.3, 0.4) is 0 Å². The molecule has 0 spiro atoms. The summed E-state index contributed by atoms with van der Waals surface area (Å²) in [6, 6.07) is 0. The van der Waals surface area contributed by atoms with Crippen molar-refractivity contribution < 1.29 is 19.7 Å². The summed E-state index contributed by atoms with van der Waals surface area (Å²) >= 11 is 0. The fourth-order valence-electron chi connectivity index (χ4n) is 0.679. The van der Waals surface area contributed by atoms with Gasteiger partial charge >= 0.3 is 0 Å². The average molecular weight is 144 g/mol. The number of aliphatic hydroxyl groups is 2. The van der Waals surface area contributed by atoms with E-state index in [1.54, 1.807) is 0 Å². The number of Topliss-reactive ketones (excluding diaryl/α,β-unsaturated/α-hetero) is 1. The highest BCUT2D eigenvalue weighted by Gasteiger charge is 2.27. The molecule has 4 nitrogen and oxygen atoms in total. The van der Waals surface area contributed by atoms with Crippen LogP contribution in [-0.4, -0.2) is 28.7 Å². The van der Waals surface area contributed by atoms with Gasteiger partial charge in [-0.2, -0.15) is 0 Å². The molecule has 0 aliphatic carbocycles. The van der Waals surface area contributed by atoms with Gasteiger partial charge in [0.2, 0.25) is 5.78 Å². The molecule has 2 N–H and O–H groups in total. The van der Waals surface area contributed by atoms with Crippen LogP contribution in [-0.2, 0) is 9.53 Å². The molecule has 0 amide bonds. The van der Waals surface area contributed by atoms with E-state index in [0.29, 0.717) is 0 Å². The van der Waals surface area contributed by atoms with Crippen LogP contribution >= 0.6 is 0 Å². The maximum absolute atomic E-state index is 10.7. The Hall–Kier alpha value is -1.03. The number of hydrogen-bond donors (Lipinski definition) is 2. The van der Waals surface area contributed by atoms with Gasteiger partial charge < -0.3 is 14.9 Å². The van der Waals surface area contributed by atoms with E-state index in [2.05, 4.69) is 0 Å². The molecule has 0 aromatic heterocycles. The largest absolute Gasteiger partial charge is 0.502 e. The van der Waals surface area contributed by atoms with Crippen LogP contribution in [0.1, 0.15) is 6.92 Å². The van der Waals surface area contributed by atoms with E-state index >= 15 is 0 Å². The Morgan fingerprint density at radius 2 is 2.30 bits per heavy atom. The lowest BCUT2D eigenvalue weighted by atomic mass is 10.1. The maximum atomic E-state index is 10.7. The zero-order chi connectivity index (χ0) is 7.72. The van der Waals surface area contributed by atoms with Gasteiger partial charge in [-0.1, -0.05) is 0 Å². The van der Waals surface area contributed by atoms with E-state index in [9.17, 15) is 4.79 Å². The molecular formula is C6H8O4. The molecule has 56 valence electrons. The summed E-state index contributed by atoms with van der Waals surface area (Å²) in [7, 11) is 0. The molecule has 1 aliphatic heterocycles. The van der Waals surface area contributed by atoms with Gasteiger partial charge in [-0.15, -0.1) is 0 Å². The van der Waals surface area contributed by atoms with Crippen LogP contribution < -0.4 is 0 Å². The van der Waals surface area contributed by atoms with Crippen molar-refractivity contribution in [1.29, 1.82) is 0 Å². The third-order valence-corrected chi connectivity index (χ3v) is 1.33. The minimum atomic E-state index is -1.20. The lowest BCUT2D eigenvalue weighted by molar-refractivity contribution is -0.131. The molecule has 1 rings (SSSR count). The number of carbonyl (C=O) groups is 1. The van der Waals surface area contributed by atoms with Gasteiger partial charge in [0.25, 0.3) is 0 Å². The minimum absolute atomic E-state index is 0.0608. The van der Waals surface area contributed by atoms with Gasteiger partial charge in [-0.25, -0.2) is 0 Å². The third kappa shape index (κ3) is 0.974. The molecule has 0 radical (unpaired) electrons.